The Kier molecular flexibility index (Phi) is 2.63. The first kappa shape index (κ1) is 9.65. The number of nitrogens with zero attached hydrogens (tertiary/aromatic N) is 1. The topological polar surface area (TPSA) is 22.1 Å². The van der Waals surface area contributed by atoms with E-state index in [0.717, 1.165) is 11.1 Å². The van der Waals surface area contributed by atoms with Gasteiger partial charge in [-0.2, -0.15) is 0 Å². The van der Waals surface area contributed by atoms with E-state index in [9.17, 15) is 4.39 Å². The van der Waals surface area contributed by atoms with Gasteiger partial charge in [0.05, 0.1) is 7.11 Å². The number of halogens is 1. The highest BCUT2D eigenvalue weighted by molar-refractivity contribution is 5.69. The quantitative estimate of drug-likeness (QED) is 0.748. The predicted octanol–water partition coefficient (Wildman–Crippen LogP) is 2.90. The zero-order chi connectivity index (χ0) is 10.7. The van der Waals surface area contributed by atoms with Gasteiger partial charge in [0, 0.05) is 18.0 Å². The van der Waals surface area contributed by atoms with Gasteiger partial charge in [0.25, 0.3) is 0 Å². The molecule has 15 heavy (non-hydrogen) atoms. The first-order valence-corrected chi connectivity index (χ1v) is 4.55. The Morgan fingerprint density at radius 1 is 1.27 bits per heavy atom. The van der Waals surface area contributed by atoms with Crippen molar-refractivity contribution < 1.29 is 9.13 Å². The lowest BCUT2D eigenvalue weighted by atomic mass is 10.1. The standard InChI is InChI=1S/C12H10FNO/c1-15-12-5-6-14-8-11(12)9-3-2-4-10(13)7-9/h2-8H,1H3. The van der Waals surface area contributed by atoms with Crippen molar-refractivity contribution >= 4 is 0 Å². The summed E-state index contributed by atoms with van der Waals surface area (Å²) >= 11 is 0. The lowest BCUT2D eigenvalue weighted by Gasteiger charge is -2.07. The number of benzene rings is 1. The van der Waals surface area contributed by atoms with Crippen molar-refractivity contribution in [3.05, 3.63) is 48.5 Å². The Bertz CT molecular complexity index is 471. The minimum absolute atomic E-state index is 0.265. The Labute approximate surface area is 87.4 Å². The van der Waals surface area contributed by atoms with Crippen molar-refractivity contribution in [2.45, 2.75) is 0 Å². The summed E-state index contributed by atoms with van der Waals surface area (Å²) in [4.78, 5) is 4.00. The molecule has 0 radical (unpaired) electrons. The van der Waals surface area contributed by atoms with E-state index in [1.165, 1.54) is 12.1 Å². The van der Waals surface area contributed by atoms with E-state index in [2.05, 4.69) is 4.98 Å². The molecular weight excluding hydrogens is 193 g/mol. The van der Waals surface area contributed by atoms with Crippen LogP contribution in [0.25, 0.3) is 11.1 Å². The number of rotatable bonds is 2. The van der Waals surface area contributed by atoms with Crippen molar-refractivity contribution in [1.82, 2.24) is 4.98 Å². The lowest BCUT2D eigenvalue weighted by Crippen LogP contribution is -1.89. The fraction of sp³-hybridized carbons (Fsp3) is 0.0833. The predicted molar refractivity (Wildman–Crippen MR) is 56.2 cm³/mol. The molecule has 0 N–H and O–H groups in total. The van der Waals surface area contributed by atoms with Crippen LogP contribution in [-0.4, -0.2) is 12.1 Å². The molecule has 0 unspecified atom stereocenters. The van der Waals surface area contributed by atoms with Gasteiger partial charge >= 0.3 is 0 Å². The van der Waals surface area contributed by atoms with Crippen LogP contribution < -0.4 is 4.74 Å². The van der Waals surface area contributed by atoms with Crippen LogP contribution in [0.3, 0.4) is 0 Å². The maximum absolute atomic E-state index is 13.0. The van der Waals surface area contributed by atoms with Crippen LogP contribution in [0.15, 0.2) is 42.7 Å². The van der Waals surface area contributed by atoms with E-state index in [4.69, 9.17) is 4.74 Å². The molecule has 0 saturated carbocycles. The second kappa shape index (κ2) is 4.09. The van der Waals surface area contributed by atoms with Gasteiger partial charge in [-0.25, -0.2) is 4.39 Å². The van der Waals surface area contributed by atoms with Crippen LogP contribution in [0.4, 0.5) is 4.39 Å². The van der Waals surface area contributed by atoms with Gasteiger partial charge in [-0.1, -0.05) is 12.1 Å². The van der Waals surface area contributed by atoms with Crippen molar-refractivity contribution in [1.29, 1.82) is 0 Å². The van der Waals surface area contributed by atoms with E-state index in [0.29, 0.717) is 5.75 Å². The molecule has 3 heteroatoms. The second-order valence-electron chi connectivity index (χ2n) is 3.09. The Morgan fingerprint density at radius 3 is 2.87 bits per heavy atom. The summed E-state index contributed by atoms with van der Waals surface area (Å²) in [6.45, 7) is 0. The van der Waals surface area contributed by atoms with E-state index in [-0.39, 0.29) is 5.82 Å². The van der Waals surface area contributed by atoms with Gasteiger partial charge in [-0.3, -0.25) is 4.98 Å². The number of pyridine rings is 1. The van der Waals surface area contributed by atoms with Crippen LogP contribution >= 0.6 is 0 Å². The molecule has 0 atom stereocenters. The summed E-state index contributed by atoms with van der Waals surface area (Å²) in [7, 11) is 1.58. The molecular formula is C12H10FNO. The summed E-state index contributed by atoms with van der Waals surface area (Å²) in [5.74, 6) is 0.425. The number of aromatic nitrogens is 1. The van der Waals surface area contributed by atoms with Crippen LogP contribution in [0.2, 0.25) is 0 Å². The molecule has 0 aliphatic heterocycles. The summed E-state index contributed by atoms with van der Waals surface area (Å²) in [6, 6.07) is 8.10. The number of hydrogen-bond acceptors (Lipinski definition) is 2. The average Bonchev–Trinajstić information content (AvgIpc) is 2.29. The molecule has 0 aliphatic rings. The van der Waals surface area contributed by atoms with Gasteiger partial charge in [-0.05, 0) is 23.8 Å². The van der Waals surface area contributed by atoms with Crippen molar-refractivity contribution in [3.63, 3.8) is 0 Å². The number of ether oxygens (including phenoxy) is 1. The Hall–Kier alpha value is -1.90. The molecule has 0 amide bonds. The van der Waals surface area contributed by atoms with Crippen molar-refractivity contribution in [2.75, 3.05) is 7.11 Å². The van der Waals surface area contributed by atoms with Gasteiger partial charge in [-0.15, -0.1) is 0 Å². The second-order valence-corrected chi connectivity index (χ2v) is 3.09. The van der Waals surface area contributed by atoms with Crippen molar-refractivity contribution in [2.24, 2.45) is 0 Å². The highest BCUT2D eigenvalue weighted by Crippen LogP contribution is 2.28. The molecule has 1 aromatic heterocycles. The third-order valence-corrected chi connectivity index (χ3v) is 2.14. The van der Waals surface area contributed by atoms with Gasteiger partial charge in [0.15, 0.2) is 0 Å². The largest absolute Gasteiger partial charge is 0.496 e. The van der Waals surface area contributed by atoms with E-state index < -0.39 is 0 Å². The fourth-order valence-corrected chi connectivity index (χ4v) is 1.43. The maximum Gasteiger partial charge on any atom is 0.129 e. The fourth-order valence-electron chi connectivity index (χ4n) is 1.43. The zero-order valence-corrected chi connectivity index (χ0v) is 8.27. The van der Waals surface area contributed by atoms with Crippen LogP contribution in [-0.2, 0) is 0 Å². The van der Waals surface area contributed by atoms with E-state index in [1.54, 1.807) is 31.6 Å². The highest BCUT2D eigenvalue weighted by atomic mass is 19.1. The van der Waals surface area contributed by atoms with Gasteiger partial charge < -0.3 is 4.74 Å². The average molecular weight is 203 g/mol. The van der Waals surface area contributed by atoms with Crippen LogP contribution in [0.5, 0.6) is 5.75 Å². The van der Waals surface area contributed by atoms with E-state index in [1.807, 2.05) is 6.07 Å². The third kappa shape index (κ3) is 1.96. The van der Waals surface area contributed by atoms with Crippen LogP contribution in [0.1, 0.15) is 0 Å². The molecule has 1 heterocycles. The summed E-state index contributed by atoms with van der Waals surface area (Å²) in [5, 5.41) is 0. The third-order valence-electron chi connectivity index (χ3n) is 2.14. The molecule has 0 bridgehead atoms. The monoisotopic (exact) mass is 203 g/mol. The molecule has 0 fully saturated rings. The highest BCUT2D eigenvalue weighted by Gasteiger charge is 2.05. The molecule has 2 nitrogen and oxygen atoms in total. The van der Waals surface area contributed by atoms with E-state index >= 15 is 0 Å². The summed E-state index contributed by atoms with van der Waals surface area (Å²) < 4.78 is 18.2. The molecule has 0 aliphatic carbocycles. The maximum atomic E-state index is 13.0. The summed E-state index contributed by atoms with van der Waals surface area (Å²) in [5.41, 5.74) is 1.56. The minimum atomic E-state index is -0.265. The Balaban J connectivity index is 2.53. The molecule has 0 saturated heterocycles. The van der Waals surface area contributed by atoms with Crippen molar-refractivity contribution in [3.8, 4) is 16.9 Å². The zero-order valence-electron chi connectivity index (χ0n) is 8.27. The molecule has 2 rings (SSSR count). The lowest BCUT2D eigenvalue weighted by molar-refractivity contribution is 0.416. The van der Waals surface area contributed by atoms with Gasteiger partial charge in [0.2, 0.25) is 0 Å². The first-order valence-electron chi connectivity index (χ1n) is 4.55. The molecule has 1 aromatic carbocycles. The van der Waals surface area contributed by atoms with Gasteiger partial charge in [0.1, 0.15) is 11.6 Å². The minimum Gasteiger partial charge on any atom is -0.496 e. The molecule has 76 valence electrons. The van der Waals surface area contributed by atoms with Crippen LogP contribution in [0, 0.1) is 5.82 Å². The molecule has 0 spiro atoms. The normalized spacial score (nSPS) is 10.0. The number of methoxy groups -OCH3 is 1. The first-order chi connectivity index (χ1) is 7.31. The SMILES string of the molecule is COc1ccncc1-c1cccc(F)c1. The Morgan fingerprint density at radius 2 is 2.13 bits per heavy atom. The summed E-state index contributed by atoms with van der Waals surface area (Å²) in [6.07, 6.45) is 3.30. The smallest absolute Gasteiger partial charge is 0.129 e. The number of hydrogen-bond donors (Lipinski definition) is 0. The molecule has 2 aromatic rings.